The van der Waals surface area contributed by atoms with Gasteiger partial charge in [-0.1, -0.05) is 43.9 Å². The van der Waals surface area contributed by atoms with Crippen molar-refractivity contribution in [1.82, 2.24) is 0 Å². The Balaban J connectivity index is 2.10. The van der Waals surface area contributed by atoms with Crippen LogP contribution in [0.5, 0.6) is 0 Å². The lowest BCUT2D eigenvalue weighted by Gasteiger charge is -2.32. The maximum atomic E-state index is 13.5. The fraction of sp³-hybridized carbons (Fsp3) is 0.600. The van der Waals surface area contributed by atoms with Gasteiger partial charge < -0.3 is 5.73 Å². The SMILES string of the molecule is CCC1CCCC(C(N)c2ccc(Cl)c(F)c2)C1. The molecule has 0 heterocycles. The molecule has 3 heteroatoms. The zero-order valence-electron chi connectivity index (χ0n) is 10.8. The van der Waals surface area contributed by atoms with E-state index in [1.54, 1.807) is 6.07 Å². The Bertz CT molecular complexity index is 407. The topological polar surface area (TPSA) is 26.0 Å². The van der Waals surface area contributed by atoms with Crippen molar-refractivity contribution in [2.45, 2.75) is 45.1 Å². The highest BCUT2D eigenvalue weighted by molar-refractivity contribution is 6.30. The quantitative estimate of drug-likeness (QED) is 0.846. The highest BCUT2D eigenvalue weighted by atomic mass is 35.5. The fourth-order valence-corrected chi connectivity index (χ4v) is 3.14. The predicted octanol–water partition coefficient (Wildman–Crippen LogP) is 4.70. The second kappa shape index (κ2) is 6.03. The summed E-state index contributed by atoms with van der Waals surface area (Å²) in [5.74, 6) is 0.892. The van der Waals surface area contributed by atoms with Crippen molar-refractivity contribution in [3.8, 4) is 0 Å². The molecular formula is C15H21ClFN. The van der Waals surface area contributed by atoms with Crippen LogP contribution in [0.1, 0.15) is 50.6 Å². The van der Waals surface area contributed by atoms with Gasteiger partial charge in [0.1, 0.15) is 5.82 Å². The largest absolute Gasteiger partial charge is 0.324 e. The van der Waals surface area contributed by atoms with Crippen molar-refractivity contribution in [2.75, 3.05) is 0 Å². The molecule has 0 bridgehead atoms. The lowest BCUT2D eigenvalue weighted by atomic mass is 9.75. The van der Waals surface area contributed by atoms with Crippen LogP contribution in [0.4, 0.5) is 4.39 Å². The molecule has 1 fully saturated rings. The van der Waals surface area contributed by atoms with E-state index in [-0.39, 0.29) is 16.9 Å². The summed E-state index contributed by atoms with van der Waals surface area (Å²) in [6.07, 6.45) is 6.10. The summed E-state index contributed by atoms with van der Waals surface area (Å²) in [4.78, 5) is 0. The minimum Gasteiger partial charge on any atom is -0.324 e. The molecule has 0 amide bonds. The summed E-state index contributed by atoms with van der Waals surface area (Å²) in [5.41, 5.74) is 7.17. The van der Waals surface area contributed by atoms with Gasteiger partial charge in [-0.05, 0) is 42.4 Å². The monoisotopic (exact) mass is 269 g/mol. The van der Waals surface area contributed by atoms with Gasteiger partial charge in [0.25, 0.3) is 0 Å². The Morgan fingerprint density at radius 3 is 2.89 bits per heavy atom. The summed E-state index contributed by atoms with van der Waals surface area (Å²) in [6.45, 7) is 2.24. The molecule has 0 aliphatic heterocycles. The molecule has 2 N–H and O–H groups in total. The minimum atomic E-state index is -0.368. The van der Waals surface area contributed by atoms with Crippen LogP contribution >= 0.6 is 11.6 Å². The second-order valence-corrected chi connectivity index (χ2v) is 5.81. The van der Waals surface area contributed by atoms with E-state index in [1.807, 2.05) is 6.07 Å². The zero-order chi connectivity index (χ0) is 13.1. The molecule has 0 aromatic heterocycles. The molecule has 1 nitrogen and oxygen atoms in total. The molecular weight excluding hydrogens is 249 g/mol. The standard InChI is InChI=1S/C15H21ClFN/c1-2-10-4-3-5-11(8-10)15(18)12-6-7-13(16)14(17)9-12/h6-7,9-11,15H,2-5,8,18H2,1H3. The molecule has 1 saturated carbocycles. The number of rotatable bonds is 3. The fourth-order valence-electron chi connectivity index (χ4n) is 3.02. The molecule has 0 saturated heterocycles. The Hall–Kier alpha value is -0.600. The van der Waals surface area contributed by atoms with Gasteiger partial charge in [0.2, 0.25) is 0 Å². The normalized spacial score (nSPS) is 26.0. The molecule has 1 aromatic rings. The first-order valence-corrected chi connectivity index (χ1v) is 7.20. The Morgan fingerprint density at radius 1 is 1.44 bits per heavy atom. The maximum Gasteiger partial charge on any atom is 0.142 e. The van der Waals surface area contributed by atoms with Gasteiger partial charge in [-0.25, -0.2) is 4.39 Å². The summed E-state index contributed by atoms with van der Waals surface area (Å²) in [5, 5.41) is 0.168. The number of benzene rings is 1. The lowest BCUT2D eigenvalue weighted by molar-refractivity contribution is 0.230. The van der Waals surface area contributed by atoms with Gasteiger partial charge in [-0.15, -0.1) is 0 Å². The zero-order valence-corrected chi connectivity index (χ0v) is 11.6. The third kappa shape index (κ3) is 3.04. The van der Waals surface area contributed by atoms with Crippen LogP contribution in [0.2, 0.25) is 5.02 Å². The molecule has 1 aliphatic carbocycles. The first-order chi connectivity index (χ1) is 8.61. The lowest BCUT2D eigenvalue weighted by Crippen LogP contribution is -2.26. The molecule has 3 unspecified atom stereocenters. The average molecular weight is 270 g/mol. The molecule has 18 heavy (non-hydrogen) atoms. The van der Waals surface area contributed by atoms with Crippen molar-refractivity contribution in [2.24, 2.45) is 17.6 Å². The van der Waals surface area contributed by atoms with Gasteiger partial charge in [0, 0.05) is 6.04 Å². The third-order valence-electron chi connectivity index (χ3n) is 4.24. The van der Waals surface area contributed by atoms with Gasteiger partial charge in [-0.2, -0.15) is 0 Å². The number of nitrogens with two attached hydrogens (primary N) is 1. The van der Waals surface area contributed by atoms with Crippen molar-refractivity contribution in [3.05, 3.63) is 34.6 Å². The maximum absolute atomic E-state index is 13.5. The van der Waals surface area contributed by atoms with Crippen LogP contribution < -0.4 is 5.73 Å². The minimum absolute atomic E-state index is 0.0638. The van der Waals surface area contributed by atoms with Crippen LogP contribution in [-0.2, 0) is 0 Å². The summed E-state index contributed by atoms with van der Waals surface area (Å²) in [7, 11) is 0. The van der Waals surface area contributed by atoms with E-state index >= 15 is 0 Å². The van der Waals surface area contributed by atoms with Crippen LogP contribution in [0.15, 0.2) is 18.2 Å². The summed E-state index contributed by atoms with van der Waals surface area (Å²) < 4.78 is 13.5. The highest BCUT2D eigenvalue weighted by Crippen LogP contribution is 2.37. The van der Waals surface area contributed by atoms with Crippen LogP contribution in [0.25, 0.3) is 0 Å². The Kier molecular flexibility index (Phi) is 4.63. The van der Waals surface area contributed by atoms with E-state index in [4.69, 9.17) is 17.3 Å². The van der Waals surface area contributed by atoms with Crippen molar-refractivity contribution >= 4 is 11.6 Å². The van der Waals surface area contributed by atoms with E-state index in [1.165, 1.54) is 31.7 Å². The summed E-state index contributed by atoms with van der Waals surface area (Å²) >= 11 is 5.70. The Labute approximate surface area is 114 Å². The van der Waals surface area contributed by atoms with E-state index in [9.17, 15) is 4.39 Å². The average Bonchev–Trinajstić information content (AvgIpc) is 2.41. The molecule has 100 valence electrons. The summed E-state index contributed by atoms with van der Waals surface area (Å²) in [6, 6.07) is 4.88. The third-order valence-corrected chi connectivity index (χ3v) is 4.54. The van der Waals surface area contributed by atoms with E-state index < -0.39 is 0 Å². The number of hydrogen-bond acceptors (Lipinski definition) is 1. The van der Waals surface area contributed by atoms with Crippen molar-refractivity contribution in [1.29, 1.82) is 0 Å². The smallest absolute Gasteiger partial charge is 0.142 e. The van der Waals surface area contributed by atoms with Crippen LogP contribution in [0, 0.1) is 17.7 Å². The van der Waals surface area contributed by atoms with Crippen molar-refractivity contribution < 1.29 is 4.39 Å². The predicted molar refractivity (Wildman–Crippen MR) is 74.1 cm³/mol. The van der Waals surface area contributed by atoms with Crippen LogP contribution in [0.3, 0.4) is 0 Å². The first kappa shape index (κ1) is 13.8. The molecule has 3 atom stereocenters. The van der Waals surface area contributed by atoms with Crippen molar-refractivity contribution in [3.63, 3.8) is 0 Å². The van der Waals surface area contributed by atoms with Gasteiger partial charge in [-0.3, -0.25) is 0 Å². The Morgan fingerprint density at radius 2 is 2.22 bits per heavy atom. The molecule has 2 rings (SSSR count). The first-order valence-electron chi connectivity index (χ1n) is 6.82. The van der Waals surface area contributed by atoms with Gasteiger partial charge in [0.15, 0.2) is 0 Å². The van der Waals surface area contributed by atoms with E-state index in [0.29, 0.717) is 5.92 Å². The highest BCUT2D eigenvalue weighted by Gasteiger charge is 2.26. The molecule has 0 radical (unpaired) electrons. The molecule has 0 spiro atoms. The van der Waals surface area contributed by atoms with Gasteiger partial charge in [0.05, 0.1) is 5.02 Å². The van der Waals surface area contributed by atoms with E-state index in [0.717, 1.165) is 17.9 Å². The number of halogens is 2. The van der Waals surface area contributed by atoms with Gasteiger partial charge >= 0.3 is 0 Å². The second-order valence-electron chi connectivity index (χ2n) is 5.40. The van der Waals surface area contributed by atoms with E-state index in [2.05, 4.69) is 6.92 Å². The van der Waals surface area contributed by atoms with Crippen LogP contribution in [-0.4, -0.2) is 0 Å². The molecule has 1 aromatic carbocycles. The number of hydrogen-bond donors (Lipinski definition) is 1. The molecule has 1 aliphatic rings.